The van der Waals surface area contributed by atoms with Crippen LogP contribution in [0.15, 0.2) is 30.3 Å². The Kier molecular flexibility index (Phi) is 5.93. The SMILES string of the molecule is CCCc1ccc(-c2cc(NC(=O)C(C)C)n(CCO)n2)cc1. The van der Waals surface area contributed by atoms with Gasteiger partial charge in [-0.2, -0.15) is 5.10 Å². The lowest BCUT2D eigenvalue weighted by atomic mass is 10.1. The molecule has 5 nitrogen and oxygen atoms in total. The van der Waals surface area contributed by atoms with Gasteiger partial charge in [-0.25, -0.2) is 4.68 Å². The van der Waals surface area contributed by atoms with E-state index >= 15 is 0 Å². The summed E-state index contributed by atoms with van der Waals surface area (Å²) in [6.45, 7) is 6.17. The highest BCUT2D eigenvalue weighted by molar-refractivity contribution is 5.91. The highest BCUT2D eigenvalue weighted by atomic mass is 16.3. The number of carbonyl (C=O) groups is 1. The van der Waals surface area contributed by atoms with Crippen molar-refractivity contribution in [1.82, 2.24) is 9.78 Å². The average molecular weight is 315 g/mol. The molecule has 0 saturated carbocycles. The van der Waals surface area contributed by atoms with E-state index in [-0.39, 0.29) is 18.4 Å². The van der Waals surface area contributed by atoms with E-state index in [1.54, 1.807) is 4.68 Å². The van der Waals surface area contributed by atoms with Crippen LogP contribution < -0.4 is 5.32 Å². The molecule has 5 heteroatoms. The first-order valence-electron chi connectivity index (χ1n) is 8.14. The standard InChI is InChI=1S/C18H25N3O2/c1-4-5-14-6-8-15(9-7-14)16-12-17(19-18(23)13(2)3)21(20-16)10-11-22/h6-9,12-13,22H,4-5,10-11H2,1-3H3,(H,19,23). The van der Waals surface area contributed by atoms with E-state index in [2.05, 4.69) is 29.5 Å². The summed E-state index contributed by atoms with van der Waals surface area (Å²) in [5.74, 6) is 0.448. The molecule has 1 aromatic heterocycles. The molecule has 0 aliphatic carbocycles. The first-order chi connectivity index (χ1) is 11.0. The van der Waals surface area contributed by atoms with E-state index in [0.29, 0.717) is 12.4 Å². The van der Waals surface area contributed by atoms with Crippen molar-refractivity contribution in [3.05, 3.63) is 35.9 Å². The molecule has 2 N–H and O–H groups in total. The van der Waals surface area contributed by atoms with Gasteiger partial charge in [0.05, 0.1) is 18.8 Å². The van der Waals surface area contributed by atoms with Crippen LogP contribution in [-0.2, 0) is 17.8 Å². The third-order valence-electron chi connectivity index (χ3n) is 3.66. The largest absolute Gasteiger partial charge is 0.394 e. The molecule has 0 saturated heterocycles. The maximum Gasteiger partial charge on any atom is 0.228 e. The van der Waals surface area contributed by atoms with E-state index < -0.39 is 0 Å². The van der Waals surface area contributed by atoms with Gasteiger partial charge in [-0.05, 0) is 12.0 Å². The summed E-state index contributed by atoms with van der Waals surface area (Å²) in [6, 6.07) is 10.2. The number of benzene rings is 1. The number of amides is 1. The monoisotopic (exact) mass is 315 g/mol. The first-order valence-corrected chi connectivity index (χ1v) is 8.14. The van der Waals surface area contributed by atoms with Gasteiger partial charge in [0, 0.05) is 17.5 Å². The third kappa shape index (κ3) is 4.42. The lowest BCUT2D eigenvalue weighted by molar-refractivity contribution is -0.118. The highest BCUT2D eigenvalue weighted by Crippen LogP contribution is 2.23. The highest BCUT2D eigenvalue weighted by Gasteiger charge is 2.14. The van der Waals surface area contributed by atoms with Crippen LogP contribution in [0.1, 0.15) is 32.8 Å². The third-order valence-corrected chi connectivity index (χ3v) is 3.66. The number of nitrogens with zero attached hydrogens (tertiary/aromatic N) is 2. The minimum atomic E-state index is -0.107. The second-order valence-electron chi connectivity index (χ2n) is 5.95. The molecule has 0 bridgehead atoms. The van der Waals surface area contributed by atoms with E-state index in [1.165, 1.54) is 5.56 Å². The number of rotatable bonds is 7. The van der Waals surface area contributed by atoms with Gasteiger partial charge < -0.3 is 10.4 Å². The topological polar surface area (TPSA) is 67.2 Å². The van der Waals surface area contributed by atoms with Crippen molar-refractivity contribution >= 4 is 11.7 Å². The smallest absolute Gasteiger partial charge is 0.228 e. The van der Waals surface area contributed by atoms with Crippen molar-refractivity contribution in [3.8, 4) is 11.3 Å². The Hall–Kier alpha value is -2.14. The quantitative estimate of drug-likeness (QED) is 0.825. The molecule has 1 amide bonds. The van der Waals surface area contributed by atoms with E-state index in [4.69, 9.17) is 0 Å². The first kappa shape index (κ1) is 17.2. The zero-order chi connectivity index (χ0) is 16.8. The number of anilines is 1. The molecule has 2 rings (SSSR count). The Morgan fingerprint density at radius 2 is 2.00 bits per heavy atom. The molecule has 0 aliphatic heterocycles. The number of aliphatic hydroxyl groups is 1. The number of hydrogen-bond acceptors (Lipinski definition) is 3. The molecule has 1 heterocycles. The van der Waals surface area contributed by atoms with Gasteiger partial charge in [0.15, 0.2) is 0 Å². The van der Waals surface area contributed by atoms with E-state index in [9.17, 15) is 9.90 Å². The normalized spacial score (nSPS) is 11.0. The van der Waals surface area contributed by atoms with Crippen LogP contribution in [0.3, 0.4) is 0 Å². The average Bonchev–Trinajstić information content (AvgIpc) is 2.91. The number of aryl methyl sites for hydroxylation is 1. The number of carbonyl (C=O) groups excluding carboxylic acids is 1. The second kappa shape index (κ2) is 7.92. The van der Waals surface area contributed by atoms with Crippen molar-refractivity contribution in [2.75, 3.05) is 11.9 Å². The summed E-state index contributed by atoms with van der Waals surface area (Å²) in [6.07, 6.45) is 2.19. The van der Waals surface area contributed by atoms with Gasteiger partial charge in [-0.3, -0.25) is 4.79 Å². The minimum absolute atomic E-state index is 0.0267. The fourth-order valence-corrected chi connectivity index (χ4v) is 2.33. The lowest BCUT2D eigenvalue weighted by Gasteiger charge is -2.09. The minimum Gasteiger partial charge on any atom is -0.394 e. The van der Waals surface area contributed by atoms with Crippen molar-refractivity contribution in [1.29, 1.82) is 0 Å². The Balaban J connectivity index is 2.26. The maximum absolute atomic E-state index is 11.9. The molecule has 0 radical (unpaired) electrons. The molecule has 0 atom stereocenters. The van der Waals surface area contributed by atoms with Gasteiger partial charge in [0.25, 0.3) is 0 Å². The maximum atomic E-state index is 11.9. The predicted molar refractivity (Wildman–Crippen MR) is 92.2 cm³/mol. The van der Waals surface area contributed by atoms with E-state index in [1.807, 2.05) is 32.0 Å². The van der Waals surface area contributed by atoms with Gasteiger partial charge in [-0.1, -0.05) is 51.5 Å². The van der Waals surface area contributed by atoms with Crippen LogP contribution in [-0.4, -0.2) is 27.4 Å². The zero-order valence-corrected chi connectivity index (χ0v) is 14.0. The van der Waals surface area contributed by atoms with Crippen LogP contribution in [0, 0.1) is 5.92 Å². The number of aliphatic hydroxyl groups excluding tert-OH is 1. The van der Waals surface area contributed by atoms with Crippen molar-refractivity contribution in [2.45, 2.75) is 40.2 Å². The molecule has 1 aromatic carbocycles. The van der Waals surface area contributed by atoms with Crippen LogP contribution in [0.25, 0.3) is 11.3 Å². The van der Waals surface area contributed by atoms with E-state index in [0.717, 1.165) is 24.1 Å². The fourth-order valence-electron chi connectivity index (χ4n) is 2.33. The zero-order valence-electron chi connectivity index (χ0n) is 14.0. The Morgan fingerprint density at radius 3 is 2.57 bits per heavy atom. The molecule has 23 heavy (non-hydrogen) atoms. The second-order valence-corrected chi connectivity index (χ2v) is 5.95. The van der Waals surface area contributed by atoms with Crippen LogP contribution in [0.5, 0.6) is 0 Å². The number of nitrogens with one attached hydrogen (secondary N) is 1. The van der Waals surface area contributed by atoms with Crippen LogP contribution in [0.2, 0.25) is 0 Å². The summed E-state index contributed by atoms with van der Waals surface area (Å²) in [4.78, 5) is 11.9. The summed E-state index contributed by atoms with van der Waals surface area (Å²) >= 11 is 0. The van der Waals surface area contributed by atoms with Crippen molar-refractivity contribution in [3.63, 3.8) is 0 Å². The molecule has 124 valence electrons. The van der Waals surface area contributed by atoms with Gasteiger partial charge in [0.1, 0.15) is 5.82 Å². The van der Waals surface area contributed by atoms with Gasteiger partial charge in [-0.15, -0.1) is 0 Å². The Labute approximate surface area is 137 Å². The van der Waals surface area contributed by atoms with Crippen molar-refractivity contribution in [2.24, 2.45) is 5.92 Å². The molecule has 2 aromatic rings. The molecule has 0 unspecified atom stereocenters. The number of hydrogen-bond donors (Lipinski definition) is 2. The summed E-state index contributed by atoms with van der Waals surface area (Å²) in [5.41, 5.74) is 3.10. The van der Waals surface area contributed by atoms with Crippen LogP contribution in [0.4, 0.5) is 5.82 Å². The van der Waals surface area contributed by atoms with Gasteiger partial charge >= 0.3 is 0 Å². The summed E-state index contributed by atoms with van der Waals surface area (Å²) in [7, 11) is 0. The molecule has 0 spiro atoms. The Bertz CT molecular complexity index is 645. The Morgan fingerprint density at radius 1 is 1.30 bits per heavy atom. The summed E-state index contributed by atoms with van der Waals surface area (Å²) in [5, 5.41) is 16.6. The molecule has 0 aliphatic rings. The summed E-state index contributed by atoms with van der Waals surface area (Å²) < 4.78 is 1.63. The molecule has 0 fully saturated rings. The lowest BCUT2D eigenvalue weighted by Crippen LogP contribution is -2.20. The molecular weight excluding hydrogens is 290 g/mol. The molecular formula is C18H25N3O2. The van der Waals surface area contributed by atoms with Crippen LogP contribution >= 0.6 is 0 Å². The predicted octanol–water partition coefficient (Wildman–Crippen LogP) is 3.09. The van der Waals surface area contributed by atoms with Crippen molar-refractivity contribution < 1.29 is 9.90 Å². The fraction of sp³-hybridized carbons (Fsp3) is 0.444. The van der Waals surface area contributed by atoms with Gasteiger partial charge in [0.2, 0.25) is 5.91 Å². The number of aromatic nitrogens is 2.